The molecule has 4 rings (SSSR count). The Kier molecular flexibility index (Phi) is 5.24. The SMILES string of the molecule is Cc1ccccc1[C@H]1CCCN1C(=O)Nc1cc(C(F)(F)F)ccc1-n1cccn1. The molecule has 30 heavy (non-hydrogen) atoms. The van der Waals surface area contributed by atoms with Crippen molar-refractivity contribution < 1.29 is 18.0 Å². The summed E-state index contributed by atoms with van der Waals surface area (Å²) in [6.07, 6.45) is 0.273. The topological polar surface area (TPSA) is 50.2 Å². The number of carbonyl (C=O) groups excluding carboxylic acids is 1. The lowest BCUT2D eigenvalue weighted by Gasteiger charge is -2.27. The Morgan fingerprint density at radius 3 is 2.67 bits per heavy atom. The Hall–Kier alpha value is -3.29. The second-order valence-corrected chi connectivity index (χ2v) is 7.32. The highest BCUT2D eigenvalue weighted by Gasteiger charge is 2.33. The molecule has 1 saturated heterocycles. The molecule has 0 radical (unpaired) electrons. The van der Waals surface area contributed by atoms with E-state index in [2.05, 4.69) is 10.4 Å². The first kappa shape index (κ1) is 20.0. The molecule has 2 heterocycles. The lowest BCUT2D eigenvalue weighted by Crippen LogP contribution is -2.35. The molecule has 1 aliphatic heterocycles. The summed E-state index contributed by atoms with van der Waals surface area (Å²) in [5, 5.41) is 6.79. The number of amides is 2. The predicted molar refractivity (Wildman–Crippen MR) is 107 cm³/mol. The first-order valence-electron chi connectivity index (χ1n) is 9.69. The van der Waals surface area contributed by atoms with Crippen LogP contribution in [0.4, 0.5) is 23.7 Å². The molecule has 0 spiro atoms. The van der Waals surface area contributed by atoms with Gasteiger partial charge in [-0.1, -0.05) is 24.3 Å². The van der Waals surface area contributed by atoms with Crippen LogP contribution in [-0.4, -0.2) is 27.3 Å². The zero-order chi connectivity index (χ0) is 21.3. The van der Waals surface area contributed by atoms with Crippen molar-refractivity contribution in [1.82, 2.24) is 14.7 Å². The molecule has 0 unspecified atom stereocenters. The Labute approximate surface area is 172 Å². The molecule has 1 aromatic heterocycles. The number of benzene rings is 2. The summed E-state index contributed by atoms with van der Waals surface area (Å²) in [6.45, 7) is 2.53. The second kappa shape index (κ2) is 7.85. The molecule has 1 atom stereocenters. The number of aryl methyl sites for hydroxylation is 1. The van der Waals surface area contributed by atoms with Crippen LogP contribution in [0.2, 0.25) is 0 Å². The highest BCUT2D eigenvalue weighted by atomic mass is 19.4. The van der Waals surface area contributed by atoms with Gasteiger partial charge in [-0.25, -0.2) is 9.48 Å². The molecule has 1 aliphatic rings. The molecule has 8 heteroatoms. The fourth-order valence-electron chi connectivity index (χ4n) is 3.90. The third-order valence-electron chi connectivity index (χ3n) is 5.38. The van der Waals surface area contributed by atoms with Gasteiger partial charge in [0.2, 0.25) is 0 Å². The molecular formula is C22H21F3N4O. The molecule has 5 nitrogen and oxygen atoms in total. The number of alkyl halides is 3. The summed E-state index contributed by atoms with van der Waals surface area (Å²) in [4.78, 5) is 14.8. The van der Waals surface area contributed by atoms with E-state index in [0.717, 1.165) is 36.1 Å². The monoisotopic (exact) mass is 414 g/mol. The van der Waals surface area contributed by atoms with Crippen LogP contribution in [-0.2, 0) is 6.18 Å². The van der Waals surface area contributed by atoms with Gasteiger partial charge in [-0.3, -0.25) is 0 Å². The standard InChI is InChI=1S/C22H21F3N4O/c1-15-6-2-3-7-17(15)19-8-4-12-28(19)21(30)27-18-14-16(22(23,24)25)9-10-20(18)29-13-5-11-26-29/h2-3,5-7,9-11,13-14,19H,4,8,12H2,1H3,(H,27,30)/t19-/m1/s1. The van der Waals surface area contributed by atoms with Crippen molar-refractivity contribution in [3.63, 3.8) is 0 Å². The number of carbonyl (C=O) groups is 1. The van der Waals surface area contributed by atoms with Crippen LogP contribution in [0, 0.1) is 6.92 Å². The first-order chi connectivity index (χ1) is 14.3. The Morgan fingerprint density at radius 2 is 1.97 bits per heavy atom. The van der Waals surface area contributed by atoms with Gasteiger partial charge in [0.05, 0.1) is 23.0 Å². The molecule has 0 aliphatic carbocycles. The Balaban J connectivity index is 1.66. The van der Waals surface area contributed by atoms with E-state index >= 15 is 0 Å². The molecule has 3 aromatic rings. The van der Waals surface area contributed by atoms with E-state index in [0.29, 0.717) is 12.2 Å². The zero-order valence-electron chi connectivity index (χ0n) is 16.4. The van der Waals surface area contributed by atoms with E-state index in [9.17, 15) is 18.0 Å². The Bertz CT molecular complexity index is 1050. The zero-order valence-corrected chi connectivity index (χ0v) is 16.4. The normalized spacial score (nSPS) is 16.7. The van der Waals surface area contributed by atoms with Crippen LogP contribution >= 0.6 is 0 Å². The number of halogens is 3. The van der Waals surface area contributed by atoms with Crippen molar-refractivity contribution >= 4 is 11.7 Å². The predicted octanol–water partition coefficient (Wildman–Crippen LogP) is 5.57. The van der Waals surface area contributed by atoms with Gasteiger partial charge < -0.3 is 10.2 Å². The third kappa shape index (κ3) is 3.90. The lowest BCUT2D eigenvalue weighted by atomic mass is 9.99. The highest BCUT2D eigenvalue weighted by Crippen LogP contribution is 2.36. The van der Waals surface area contributed by atoms with Crippen LogP contribution in [0.15, 0.2) is 60.9 Å². The smallest absolute Gasteiger partial charge is 0.317 e. The number of hydrogen-bond donors (Lipinski definition) is 1. The summed E-state index contributed by atoms with van der Waals surface area (Å²) in [7, 11) is 0. The fraction of sp³-hybridized carbons (Fsp3) is 0.273. The average molecular weight is 414 g/mol. The van der Waals surface area contributed by atoms with Crippen molar-refractivity contribution in [2.24, 2.45) is 0 Å². The van der Waals surface area contributed by atoms with Gasteiger partial charge in [-0.05, 0) is 55.2 Å². The van der Waals surface area contributed by atoms with Gasteiger partial charge in [0.15, 0.2) is 0 Å². The average Bonchev–Trinajstić information content (AvgIpc) is 3.40. The maximum absolute atomic E-state index is 13.3. The second-order valence-electron chi connectivity index (χ2n) is 7.32. The van der Waals surface area contributed by atoms with Gasteiger partial charge in [0.25, 0.3) is 0 Å². The number of urea groups is 1. The summed E-state index contributed by atoms with van der Waals surface area (Å²) >= 11 is 0. The van der Waals surface area contributed by atoms with Gasteiger partial charge in [0.1, 0.15) is 0 Å². The van der Waals surface area contributed by atoms with Crippen molar-refractivity contribution in [3.05, 3.63) is 77.6 Å². The number of nitrogens with zero attached hydrogens (tertiary/aromatic N) is 3. The van der Waals surface area contributed by atoms with E-state index in [1.807, 2.05) is 31.2 Å². The fourth-order valence-corrected chi connectivity index (χ4v) is 3.90. The third-order valence-corrected chi connectivity index (χ3v) is 5.38. The minimum Gasteiger partial charge on any atom is -0.317 e. The van der Waals surface area contributed by atoms with E-state index < -0.39 is 17.8 Å². The summed E-state index contributed by atoms with van der Waals surface area (Å²) < 4.78 is 41.2. The number of rotatable bonds is 3. The van der Waals surface area contributed by atoms with Crippen molar-refractivity contribution in [3.8, 4) is 5.69 Å². The molecule has 0 saturated carbocycles. The maximum Gasteiger partial charge on any atom is 0.416 e. The highest BCUT2D eigenvalue weighted by molar-refractivity contribution is 5.92. The molecular weight excluding hydrogens is 393 g/mol. The van der Waals surface area contributed by atoms with Gasteiger partial charge >= 0.3 is 12.2 Å². The van der Waals surface area contributed by atoms with Crippen molar-refractivity contribution in [2.75, 3.05) is 11.9 Å². The van der Waals surface area contributed by atoms with Crippen LogP contribution in [0.3, 0.4) is 0 Å². The maximum atomic E-state index is 13.3. The van der Waals surface area contributed by atoms with Crippen LogP contribution in [0.1, 0.15) is 35.6 Å². The lowest BCUT2D eigenvalue weighted by molar-refractivity contribution is -0.137. The first-order valence-corrected chi connectivity index (χ1v) is 9.69. The van der Waals surface area contributed by atoms with Crippen molar-refractivity contribution in [2.45, 2.75) is 32.0 Å². The molecule has 1 N–H and O–H groups in total. The van der Waals surface area contributed by atoms with E-state index in [4.69, 9.17) is 0 Å². The molecule has 2 amide bonds. The number of hydrogen-bond acceptors (Lipinski definition) is 2. The minimum atomic E-state index is -4.51. The Morgan fingerprint density at radius 1 is 1.17 bits per heavy atom. The number of anilines is 1. The van der Waals surface area contributed by atoms with Gasteiger partial charge in [-0.2, -0.15) is 18.3 Å². The van der Waals surface area contributed by atoms with Crippen LogP contribution in [0.5, 0.6) is 0 Å². The van der Waals surface area contributed by atoms with Gasteiger partial charge in [0, 0.05) is 18.9 Å². The van der Waals surface area contributed by atoms with E-state index in [1.165, 1.54) is 16.9 Å². The molecule has 1 fully saturated rings. The van der Waals surface area contributed by atoms with Crippen LogP contribution in [0.25, 0.3) is 5.69 Å². The largest absolute Gasteiger partial charge is 0.416 e. The molecule has 0 bridgehead atoms. The number of likely N-dealkylation sites (tertiary alicyclic amines) is 1. The van der Waals surface area contributed by atoms with E-state index in [-0.39, 0.29) is 11.7 Å². The van der Waals surface area contributed by atoms with Crippen LogP contribution < -0.4 is 5.32 Å². The summed E-state index contributed by atoms with van der Waals surface area (Å²) in [6, 6.07) is 12.2. The number of aromatic nitrogens is 2. The van der Waals surface area contributed by atoms with Crippen molar-refractivity contribution in [1.29, 1.82) is 0 Å². The molecule has 2 aromatic carbocycles. The van der Waals surface area contributed by atoms with E-state index in [1.54, 1.807) is 17.2 Å². The molecule has 156 valence electrons. The quantitative estimate of drug-likeness (QED) is 0.609. The number of nitrogens with one attached hydrogen (secondary N) is 1. The summed E-state index contributed by atoms with van der Waals surface area (Å²) in [5.74, 6) is 0. The van der Waals surface area contributed by atoms with Gasteiger partial charge in [-0.15, -0.1) is 0 Å². The summed E-state index contributed by atoms with van der Waals surface area (Å²) in [5.41, 5.74) is 1.74. The minimum absolute atomic E-state index is 0.0639.